The molecule has 1 aromatic carbocycles. The molecule has 3 nitrogen and oxygen atoms in total. The van der Waals surface area contributed by atoms with E-state index in [2.05, 4.69) is 25.8 Å². The highest BCUT2D eigenvalue weighted by atomic mass is 19.1. The molecule has 1 aliphatic carbocycles. The van der Waals surface area contributed by atoms with Crippen LogP contribution in [0.15, 0.2) is 24.3 Å². The van der Waals surface area contributed by atoms with E-state index >= 15 is 0 Å². The van der Waals surface area contributed by atoms with E-state index < -0.39 is 0 Å². The zero-order valence-electron chi connectivity index (χ0n) is 15.4. The second kappa shape index (κ2) is 5.26. The van der Waals surface area contributed by atoms with Gasteiger partial charge in [-0.1, -0.05) is 20.8 Å². The molecule has 1 saturated carbocycles. The van der Waals surface area contributed by atoms with Crippen LogP contribution in [-0.2, 0) is 0 Å². The molecule has 2 heterocycles. The molecule has 0 spiro atoms. The summed E-state index contributed by atoms with van der Waals surface area (Å²) in [6, 6.07) is 6.57. The SMILES string of the molecule is Cc1cc(C(=O)N2CC3(C)CC2CC(C)(C)C3)c2cc(F)ccc2n1. The Morgan fingerprint density at radius 1 is 1.24 bits per heavy atom. The van der Waals surface area contributed by atoms with Crippen molar-refractivity contribution in [1.29, 1.82) is 0 Å². The van der Waals surface area contributed by atoms with Crippen LogP contribution in [0.2, 0.25) is 0 Å². The number of pyridine rings is 1. The Morgan fingerprint density at radius 2 is 2.00 bits per heavy atom. The van der Waals surface area contributed by atoms with E-state index in [-0.39, 0.29) is 28.6 Å². The average molecular weight is 340 g/mol. The van der Waals surface area contributed by atoms with Gasteiger partial charge < -0.3 is 4.90 Å². The molecule has 2 atom stereocenters. The van der Waals surface area contributed by atoms with Crippen LogP contribution in [0.1, 0.15) is 56.1 Å². The van der Waals surface area contributed by atoms with E-state index in [1.165, 1.54) is 12.1 Å². The van der Waals surface area contributed by atoms with Crippen LogP contribution in [0.5, 0.6) is 0 Å². The lowest BCUT2D eigenvalue weighted by Gasteiger charge is -2.39. The molecular weight excluding hydrogens is 315 g/mol. The van der Waals surface area contributed by atoms with E-state index in [9.17, 15) is 9.18 Å². The number of carbonyl (C=O) groups is 1. The fraction of sp³-hybridized carbons (Fsp3) is 0.524. The van der Waals surface area contributed by atoms with E-state index in [0.717, 1.165) is 31.5 Å². The lowest BCUT2D eigenvalue weighted by Crippen LogP contribution is -2.37. The summed E-state index contributed by atoms with van der Waals surface area (Å²) < 4.78 is 13.8. The van der Waals surface area contributed by atoms with Crippen LogP contribution in [0, 0.1) is 23.6 Å². The van der Waals surface area contributed by atoms with Gasteiger partial charge in [-0.2, -0.15) is 0 Å². The molecule has 2 unspecified atom stereocenters. The normalized spacial score (nSPS) is 27.7. The minimum atomic E-state index is -0.333. The highest BCUT2D eigenvalue weighted by molar-refractivity contribution is 6.06. The molecule has 2 aliphatic rings. The number of likely N-dealkylation sites (tertiary alicyclic amines) is 1. The Labute approximate surface area is 148 Å². The van der Waals surface area contributed by atoms with Crippen molar-refractivity contribution in [2.45, 2.75) is 53.0 Å². The molecule has 0 radical (unpaired) electrons. The third-order valence-electron chi connectivity index (χ3n) is 5.80. The number of hydrogen-bond acceptors (Lipinski definition) is 2. The Balaban J connectivity index is 1.77. The van der Waals surface area contributed by atoms with Crippen molar-refractivity contribution >= 4 is 16.8 Å². The zero-order valence-corrected chi connectivity index (χ0v) is 15.4. The molecule has 25 heavy (non-hydrogen) atoms. The van der Waals surface area contributed by atoms with Gasteiger partial charge in [-0.3, -0.25) is 9.78 Å². The summed E-state index contributed by atoms with van der Waals surface area (Å²) in [7, 11) is 0. The number of rotatable bonds is 1. The van der Waals surface area contributed by atoms with Crippen molar-refractivity contribution < 1.29 is 9.18 Å². The minimum Gasteiger partial charge on any atom is -0.335 e. The van der Waals surface area contributed by atoms with E-state index in [4.69, 9.17) is 0 Å². The predicted octanol–water partition coefficient (Wildman–Crippen LogP) is 4.72. The Morgan fingerprint density at radius 3 is 2.76 bits per heavy atom. The van der Waals surface area contributed by atoms with Gasteiger partial charge >= 0.3 is 0 Å². The molecule has 2 bridgehead atoms. The van der Waals surface area contributed by atoms with E-state index in [1.807, 2.05) is 11.8 Å². The maximum absolute atomic E-state index is 13.8. The van der Waals surface area contributed by atoms with Crippen LogP contribution in [0.4, 0.5) is 4.39 Å². The van der Waals surface area contributed by atoms with Gasteiger partial charge in [0.05, 0.1) is 11.1 Å². The van der Waals surface area contributed by atoms with Gasteiger partial charge in [-0.05, 0) is 61.3 Å². The van der Waals surface area contributed by atoms with Crippen LogP contribution in [0.3, 0.4) is 0 Å². The number of nitrogens with zero attached hydrogens (tertiary/aromatic N) is 2. The van der Waals surface area contributed by atoms with Crippen molar-refractivity contribution in [1.82, 2.24) is 9.88 Å². The monoisotopic (exact) mass is 340 g/mol. The molecular formula is C21H25FN2O. The largest absolute Gasteiger partial charge is 0.335 e. The van der Waals surface area contributed by atoms with Crippen LogP contribution >= 0.6 is 0 Å². The number of fused-ring (bicyclic) bond motifs is 3. The summed E-state index contributed by atoms with van der Waals surface area (Å²) in [5.41, 5.74) is 2.49. The van der Waals surface area contributed by atoms with Gasteiger partial charge in [0.15, 0.2) is 0 Å². The Kier molecular flexibility index (Phi) is 3.47. The van der Waals surface area contributed by atoms with Crippen molar-refractivity contribution in [3.8, 4) is 0 Å². The van der Waals surface area contributed by atoms with Crippen molar-refractivity contribution in [3.05, 3.63) is 41.3 Å². The molecule has 1 aliphatic heterocycles. The molecule has 1 saturated heterocycles. The summed E-state index contributed by atoms with van der Waals surface area (Å²) in [4.78, 5) is 19.9. The third-order valence-corrected chi connectivity index (χ3v) is 5.80. The van der Waals surface area contributed by atoms with Gasteiger partial charge in [0, 0.05) is 23.7 Å². The lowest BCUT2D eigenvalue weighted by molar-refractivity contribution is 0.0710. The summed E-state index contributed by atoms with van der Waals surface area (Å²) in [5, 5.41) is 0.612. The summed E-state index contributed by atoms with van der Waals surface area (Å²) in [5.74, 6) is -0.312. The molecule has 1 amide bonds. The predicted molar refractivity (Wildman–Crippen MR) is 97.0 cm³/mol. The van der Waals surface area contributed by atoms with Crippen molar-refractivity contribution in [2.24, 2.45) is 10.8 Å². The van der Waals surface area contributed by atoms with Gasteiger partial charge in [-0.15, -0.1) is 0 Å². The average Bonchev–Trinajstić information content (AvgIpc) is 2.75. The Bertz CT molecular complexity index is 876. The fourth-order valence-electron chi connectivity index (χ4n) is 5.36. The second-order valence-electron chi connectivity index (χ2n) is 9.12. The van der Waals surface area contributed by atoms with E-state index in [0.29, 0.717) is 16.5 Å². The second-order valence-corrected chi connectivity index (χ2v) is 9.12. The summed E-state index contributed by atoms with van der Waals surface area (Å²) in [6.07, 6.45) is 3.24. The molecule has 132 valence electrons. The quantitative estimate of drug-likeness (QED) is 0.752. The summed E-state index contributed by atoms with van der Waals surface area (Å²) >= 11 is 0. The fourth-order valence-corrected chi connectivity index (χ4v) is 5.36. The number of aryl methyl sites for hydroxylation is 1. The molecule has 0 N–H and O–H groups in total. The molecule has 1 aromatic heterocycles. The van der Waals surface area contributed by atoms with Crippen LogP contribution < -0.4 is 0 Å². The number of benzene rings is 1. The maximum atomic E-state index is 13.8. The van der Waals surface area contributed by atoms with Crippen molar-refractivity contribution in [3.63, 3.8) is 0 Å². The number of halogens is 1. The zero-order chi connectivity index (χ0) is 18.0. The van der Waals surface area contributed by atoms with E-state index in [1.54, 1.807) is 12.1 Å². The lowest BCUT2D eigenvalue weighted by atomic mass is 9.65. The molecule has 2 fully saturated rings. The number of amides is 1. The Hall–Kier alpha value is -1.97. The number of carbonyl (C=O) groups excluding carboxylic acids is 1. The molecule has 4 rings (SSSR count). The minimum absolute atomic E-state index is 0.0209. The first-order valence-electron chi connectivity index (χ1n) is 9.04. The first-order chi connectivity index (χ1) is 11.7. The van der Waals surface area contributed by atoms with Gasteiger partial charge in [0.1, 0.15) is 5.82 Å². The highest BCUT2D eigenvalue weighted by Gasteiger charge is 2.51. The van der Waals surface area contributed by atoms with Gasteiger partial charge in [0.2, 0.25) is 0 Å². The first-order valence-corrected chi connectivity index (χ1v) is 9.04. The van der Waals surface area contributed by atoms with Gasteiger partial charge in [0.25, 0.3) is 5.91 Å². The smallest absolute Gasteiger partial charge is 0.254 e. The highest BCUT2D eigenvalue weighted by Crippen LogP contribution is 2.52. The molecule has 2 aromatic rings. The van der Waals surface area contributed by atoms with Gasteiger partial charge in [-0.25, -0.2) is 4.39 Å². The standard InChI is InChI=1S/C21H25FN2O/c1-13-7-17(16-8-14(22)5-6-18(16)23-13)19(25)24-12-21(4)10-15(24)9-20(2,3)11-21/h5-8,15H,9-12H2,1-4H3. The summed E-state index contributed by atoms with van der Waals surface area (Å²) in [6.45, 7) is 9.56. The third kappa shape index (κ3) is 2.82. The number of hydrogen-bond donors (Lipinski definition) is 0. The van der Waals surface area contributed by atoms with Crippen LogP contribution in [-0.4, -0.2) is 28.4 Å². The molecule has 4 heteroatoms. The number of aromatic nitrogens is 1. The first kappa shape index (κ1) is 16.5. The maximum Gasteiger partial charge on any atom is 0.254 e. The van der Waals surface area contributed by atoms with Crippen LogP contribution in [0.25, 0.3) is 10.9 Å². The van der Waals surface area contributed by atoms with Crippen molar-refractivity contribution in [2.75, 3.05) is 6.54 Å². The topological polar surface area (TPSA) is 33.2 Å².